The summed E-state index contributed by atoms with van der Waals surface area (Å²) in [5.41, 5.74) is 2.09. The van der Waals surface area contributed by atoms with E-state index < -0.39 is 0 Å². The summed E-state index contributed by atoms with van der Waals surface area (Å²) in [6, 6.07) is 5.42. The highest BCUT2D eigenvalue weighted by Gasteiger charge is 2.27. The van der Waals surface area contributed by atoms with Crippen LogP contribution < -0.4 is 0 Å². The first kappa shape index (κ1) is 19.7. The molecule has 0 N–H and O–H groups in total. The lowest BCUT2D eigenvalue weighted by Crippen LogP contribution is -2.50. The Morgan fingerprint density at radius 3 is 2.50 bits per heavy atom. The zero-order chi connectivity index (χ0) is 18.8. The van der Waals surface area contributed by atoms with E-state index in [0.29, 0.717) is 23.1 Å². The molecule has 26 heavy (non-hydrogen) atoms. The van der Waals surface area contributed by atoms with Crippen molar-refractivity contribution in [1.29, 1.82) is 0 Å². The Morgan fingerprint density at radius 1 is 1.23 bits per heavy atom. The van der Waals surface area contributed by atoms with Crippen molar-refractivity contribution < 1.29 is 4.79 Å². The number of nitrogens with zero attached hydrogens (tertiary/aromatic N) is 4. The third-order valence-electron chi connectivity index (χ3n) is 4.78. The van der Waals surface area contributed by atoms with Crippen LogP contribution in [-0.4, -0.2) is 51.7 Å². The van der Waals surface area contributed by atoms with E-state index in [2.05, 4.69) is 25.9 Å². The first-order valence-corrected chi connectivity index (χ1v) is 10.1. The number of amides is 1. The van der Waals surface area contributed by atoms with Crippen LogP contribution in [0.2, 0.25) is 10.0 Å². The van der Waals surface area contributed by atoms with Crippen LogP contribution in [0.3, 0.4) is 0 Å². The quantitative estimate of drug-likeness (QED) is 0.688. The fraction of sp³-hybridized carbons (Fsp3) is 0.444. The van der Waals surface area contributed by atoms with Crippen LogP contribution in [0, 0.1) is 6.92 Å². The average Bonchev–Trinajstić information content (AvgIpc) is 2.97. The van der Waals surface area contributed by atoms with E-state index in [9.17, 15) is 4.79 Å². The molecule has 5 nitrogen and oxygen atoms in total. The number of halogens is 3. The fourth-order valence-corrected chi connectivity index (χ4v) is 3.78. The molecule has 1 aliphatic heterocycles. The molecular formula is C18H21BrCl2N4O. The number of carbonyl (C=O) groups excluding carboxylic acids is 1. The zero-order valence-corrected chi connectivity index (χ0v) is 17.9. The summed E-state index contributed by atoms with van der Waals surface area (Å²) >= 11 is 15.5. The Labute approximate surface area is 172 Å². The van der Waals surface area contributed by atoms with Gasteiger partial charge in [0.05, 0.1) is 26.4 Å². The van der Waals surface area contributed by atoms with Crippen molar-refractivity contribution in [3.8, 4) is 0 Å². The van der Waals surface area contributed by atoms with Crippen LogP contribution in [-0.2, 0) is 11.3 Å². The number of rotatable bonds is 4. The van der Waals surface area contributed by atoms with Gasteiger partial charge in [0, 0.05) is 32.7 Å². The second-order valence-electron chi connectivity index (χ2n) is 6.55. The molecule has 0 saturated carbocycles. The first-order valence-electron chi connectivity index (χ1n) is 8.51. The van der Waals surface area contributed by atoms with Crippen molar-refractivity contribution in [2.75, 3.05) is 26.2 Å². The van der Waals surface area contributed by atoms with Gasteiger partial charge in [-0.25, -0.2) is 0 Å². The van der Waals surface area contributed by atoms with Crippen LogP contribution in [0.15, 0.2) is 28.9 Å². The molecule has 1 amide bonds. The standard InChI is InChI=1S/C18H21BrCl2N4O/c1-12-15(19)10-22-25(12)13(2)18(26)24-7-5-23(6-8-24)11-14-3-4-16(20)17(21)9-14/h3-4,9-10,13H,5-8,11H2,1-2H3. The van der Waals surface area contributed by atoms with Gasteiger partial charge in [-0.3, -0.25) is 14.4 Å². The Hall–Kier alpha value is -1.08. The van der Waals surface area contributed by atoms with Gasteiger partial charge in [0.1, 0.15) is 6.04 Å². The van der Waals surface area contributed by atoms with E-state index in [1.807, 2.05) is 36.9 Å². The van der Waals surface area contributed by atoms with Gasteiger partial charge in [-0.15, -0.1) is 0 Å². The molecule has 2 heterocycles. The summed E-state index contributed by atoms with van der Waals surface area (Å²) < 4.78 is 2.69. The number of piperazine rings is 1. The Balaban J connectivity index is 1.56. The Bertz CT molecular complexity index is 802. The molecule has 8 heteroatoms. The topological polar surface area (TPSA) is 41.4 Å². The van der Waals surface area contributed by atoms with Crippen molar-refractivity contribution in [1.82, 2.24) is 19.6 Å². The summed E-state index contributed by atoms with van der Waals surface area (Å²) in [7, 11) is 0. The summed E-state index contributed by atoms with van der Waals surface area (Å²) in [5.74, 6) is 0.109. The SMILES string of the molecule is Cc1c(Br)cnn1C(C)C(=O)N1CCN(Cc2ccc(Cl)c(Cl)c2)CC1. The van der Waals surface area contributed by atoms with Gasteiger partial charge in [-0.1, -0.05) is 29.3 Å². The number of hydrogen-bond donors (Lipinski definition) is 0. The number of benzene rings is 1. The average molecular weight is 460 g/mol. The number of hydrogen-bond acceptors (Lipinski definition) is 3. The molecule has 1 aromatic carbocycles. The molecule has 140 valence electrons. The van der Waals surface area contributed by atoms with Gasteiger partial charge >= 0.3 is 0 Å². The summed E-state index contributed by atoms with van der Waals surface area (Å²) in [4.78, 5) is 17.1. The van der Waals surface area contributed by atoms with E-state index in [1.54, 1.807) is 10.9 Å². The summed E-state index contributed by atoms with van der Waals surface area (Å²) in [6.45, 7) is 7.76. The number of aromatic nitrogens is 2. The molecule has 2 aromatic rings. The Kier molecular flexibility index (Phi) is 6.28. The monoisotopic (exact) mass is 458 g/mol. The molecule has 1 fully saturated rings. The van der Waals surface area contributed by atoms with E-state index in [0.717, 1.165) is 35.4 Å². The van der Waals surface area contributed by atoms with E-state index >= 15 is 0 Å². The van der Waals surface area contributed by atoms with Crippen LogP contribution in [0.5, 0.6) is 0 Å². The minimum atomic E-state index is -0.303. The van der Waals surface area contributed by atoms with E-state index in [-0.39, 0.29) is 11.9 Å². The van der Waals surface area contributed by atoms with Crippen LogP contribution in [0.4, 0.5) is 0 Å². The lowest BCUT2D eigenvalue weighted by atomic mass is 10.2. The van der Waals surface area contributed by atoms with Crippen LogP contribution in [0.25, 0.3) is 0 Å². The minimum Gasteiger partial charge on any atom is -0.338 e. The lowest BCUT2D eigenvalue weighted by molar-refractivity contribution is -0.136. The molecule has 0 bridgehead atoms. The number of carbonyl (C=O) groups is 1. The third kappa shape index (κ3) is 4.25. The second kappa shape index (κ2) is 8.30. The smallest absolute Gasteiger partial charge is 0.247 e. The first-order chi connectivity index (χ1) is 12.4. The van der Waals surface area contributed by atoms with Gasteiger partial charge in [0.15, 0.2) is 0 Å². The molecule has 1 saturated heterocycles. The van der Waals surface area contributed by atoms with Crippen LogP contribution >= 0.6 is 39.1 Å². The highest BCUT2D eigenvalue weighted by Crippen LogP contribution is 2.24. The molecule has 1 atom stereocenters. The molecule has 1 unspecified atom stereocenters. The maximum absolute atomic E-state index is 12.8. The van der Waals surface area contributed by atoms with Gasteiger partial charge in [0.2, 0.25) is 5.91 Å². The summed E-state index contributed by atoms with van der Waals surface area (Å²) in [5, 5.41) is 5.45. The molecule has 1 aliphatic rings. The largest absolute Gasteiger partial charge is 0.338 e. The van der Waals surface area contributed by atoms with Crippen molar-refractivity contribution in [3.63, 3.8) is 0 Å². The van der Waals surface area contributed by atoms with E-state index in [1.165, 1.54) is 0 Å². The van der Waals surface area contributed by atoms with Crippen molar-refractivity contribution in [2.45, 2.75) is 26.4 Å². The molecular weight excluding hydrogens is 439 g/mol. The molecule has 3 rings (SSSR count). The Morgan fingerprint density at radius 2 is 1.92 bits per heavy atom. The zero-order valence-electron chi connectivity index (χ0n) is 14.8. The van der Waals surface area contributed by atoms with E-state index in [4.69, 9.17) is 23.2 Å². The fourth-order valence-electron chi connectivity index (χ4n) is 3.18. The van der Waals surface area contributed by atoms with Gasteiger partial charge in [0.25, 0.3) is 0 Å². The normalized spacial score (nSPS) is 16.7. The highest BCUT2D eigenvalue weighted by molar-refractivity contribution is 9.10. The van der Waals surface area contributed by atoms with Gasteiger partial charge in [-0.2, -0.15) is 5.10 Å². The highest BCUT2D eigenvalue weighted by atomic mass is 79.9. The summed E-state index contributed by atoms with van der Waals surface area (Å²) in [6.07, 6.45) is 1.73. The van der Waals surface area contributed by atoms with Crippen LogP contribution in [0.1, 0.15) is 24.2 Å². The minimum absolute atomic E-state index is 0.109. The van der Waals surface area contributed by atoms with Gasteiger partial charge in [-0.05, 0) is 47.5 Å². The predicted molar refractivity (Wildman–Crippen MR) is 108 cm³/mol. The molecule has 0 radical (unpaired) electrons. The molecule has 0 spiro atoms. The predicted octanol–water partition coefficient (Wildman–Crippen LogP) is 4.17. The van der Waals surface area contributed by atoms with Crippen molar-refractivity contribution in [2.24, 2.45) is 0 Å². The molecule has 1 aromatic heterocycles. The van der Waals surface area contributed by atoms with Crippen molar-refractivity contribution in [3.05, 3.63) is 50.2 Å². The third-order valence-corrected chi connectivity index (χ3v) is 6.30. The lowest BCUT2D eigenvalue weighted by Gasteiger charge is -2.36. The van der Waals surface area contributed by atoms with Gasteiger partial charge < -0.3 is 4.90 Å². The second-order valence-corrected chi connectivity index (χ2v) is 8.22. The molecule has 0 aliphatic carbocycles. The maximum atomic E-state index is 12.8. The maximum Gasteiger partial charge on any atom is 0.247 e. The van der Waals surface area contributed by atoms with Crippen molar-refractivity contribution >= 4 is 45.0 Å².